The number of piperidine rings is 1. The molecule has 0 radical (unpaired) electrons. The van der Waals surface area contributed by atoms with Crippen LogP contribution in [0.3, 0.4) is 0 Å². The Labute approximate surface area is 206 Å². The van der Waals surface area contributed by atoms with Gasteiger partial charge in [-0.25, -0.2) is 4.79 Å². The summed E-state index contributed by atoms with van der Waals surface area (Å²) in [6.45, 7) is 4.79. The van der Waals surface area contributed by atoms with Crippen LogP contribution in [0.1, 0.15) is 29.7 Å². The fraction of sp³-hybridized carbons (Fsp3) is 0.400. The minimum absolute atomic E-state index is 0. The van der Waals surface area contributed by atoms with E-state index < -0.39 is 23.0 Å². The van der Waals surface area contributed by atoms with Crippen molar-refractivity contribution in [2.45, 2.75) is 37.9 Å². The fourth-order valence-corrected chi connectivity index (χ4v) is 5.25. The number of fused-ring (bicyclic) bond motifs is 1. The number of nitrogens with one attached hydrogen (secondary N) is 1. The minimum atomic E-state index is -4.32. The number of alkyl halides is 3. The molecular formula is C25H26ClF3N4O2. The Kier molecular flexibility index (Phi) is 6.68. The zero-order chi connectivity index (χ0) is 24.1. The summed E-state index contributed by atoms with van der Waals surface area (Å²) < 4.78 is 40.2. The van der Waals surface area contributed by atoms with E-state index in [-0.39, 0.29) is 17.8 Å². The van der Waals surface area contributed by atoms with Crippen molar-refractivity contribution in [1.29, 1.82) is 0 Å². The Morgan fingerprint density at radius 1 is 1.14 bits per heavy atom. The van der Waals surface area contributed by atoms with E-state index >= 15 is 0 Å². The van der Waals surface area contributed by atoms with Crippen molar-refractivity contribution in [3.05, 3.63) is 86.5 Å². The van der Waals surface area contributed by atoms with Gasteiger partial charge >= 0.3 is 11.9 Å². The molecule has 10 heteroatoms. The second kappa shape index (κ2) is 9.28. The van der Waals surface area contributed by atoms with E-state index in [1.165, 1.54) is 16.7 Å². The molecule has 3 heterocycles. The molecule has 0 bridgehead atoms. The molecule has 186 valence electrons. The van der Waals surface area contributed by atoms with Gasteiger partial charge in [0.2, 0.25) is 0 Å². The van der Waals surface area contributed by atoms with Gasteiger partial charge in [-0.05, 0) is 67.6 Å². The molecule has 35 heavy (non-hydrogen) atoms. The first kappa shape index (κ1) is 25.2. The summed E-state index contributed by atoms with van der Waals surface area (Å²) in [7, 11) is 0. The third-order valence-electron chi connectivity index (χ3n) is 7.10. The van der Waals surface area contributed by atoms with Crippen LogP contribution in [0.4, 0.5) is 13.2 Å². The lowest BCUT2D eigenvalue weighted by atomic mass is 9.94. The van der Waals surface area contributed by atoms with Gasteiger partial charge in [-0.3, -0.25) is 19.3 Å². The van der Waals surface area contributed by atoms with Gasteiger partial charge < -0.3 is 4.90 Å². The van der Waals surface area contributed by atoms with Gasteiger partial charge in [0.15, 0.2) is 0 Å². The summed E-state index contributed by atoms with van der Waals surface area (Å²) >= 11 is 0. The molecule has 1 aromatic carbocycles. The molecule has 3 aromatic rings. The lowest BCUT2D eigenvalue weighted by Gasteiger charge is -2.21. The van der Waals surface area contributed by atoms with E-state index in [1.807, 2.05) is 6.92 Å². The maximum Gasteiger partial charge on any atom is 0.416 e. The van der Waals surface area contributed by atoms with Crippen molar-refractivity contribution in [2.24, 2.45) is 5.92 Å². The summed E-state index contributed by atoms with van der Waals surface area (Å²) in [4.78, 5) is 33.5. The fourth-order valence-electron chi connectivity index (χ4n) is 5.25. The Morgan fingerprint density at radius 3 is 2.57 bits per heavy atom. The number of H-pyrrole nitrogens is 1. The number of benzene rings is 1. The number of rotatable bonds is 6. The molecule has 1 saturated carbocycles. The van der Waals surface area contributed by atoms with Crippen LogP contribution < -0.4 is 11.2 Å². The van der Waals surface area contributed by atoms with Crippen LogP contribution in [-0.4, -0.2) is 39.1 Å². The highest BCUT2D eigenvalue weighted by atomic mass is 35.5. The number of pyridine rings is 1. The monoisotopic (exact) mass is 506 g/mol. The number of nitrogens with zero attached hydrogens (tertiary/aromatic N) is 3. The quantitative estimate of drug-likeness (QED) is 0.548. The number of hydrogen-bond acceptors (Lipinski definition) is 4. The van der Waals surface area contributed by atoms with Crippen molar-refractivity contribution in [2.75, 3.05) is 19.6 Å². The van der Waals surface area contributed by atoms with Crippen molar-refractivity contribution in [3.63, 3.8) is 0 Å². The predicted molar refractivity (Wildman–Crippen MR) is 129 cm³/mol. The molecular weight excluding hydrogens is 481 g/mol. The standard InChI is InChI=1S/C25H25F3N4O2.ClH/c1-16-11-17(7-8-29-16)21-14-32(23(34)30-22(21)33)10-2-9-31-13-20-12-24(20,15-31)18-3-5-19(6-4-18)25(26,27)28;/h3-8,11,14,20H,2,9-10,12-13,15H2,1H3,(H,30,33,34);1H/t20-,24+;/m0./s1. The van der Waals surface area contributed by atoms with Crippen LogP contribution in [0, 0.1) is 12.8 Å². The zero-order valence-corrected chi connectivity index (χ0v) is 20.0. The van der Waals surface area contributed by atoms with Gasteiger partial charge in [0.25, 0.3) is 5.56 Å². The summed E-state index contributed by atoms with van der Waals surface area (Å²) in [5.74, 6) is 0.460. The molecule has 0 unspecified atom stereocenters. The summed E-state index contributed by atoms with van der Waals surface area (Å²) in [5, 5.41) is 0. The van der Waals surface area contributed by atoms with Crippen molar-refractivity contribution in [3.8, 4) is 11.1 Å². The zero-order valence-electron chi connectivity index (χ0n) is 19.1. The second-order valence-electron chi connectivity index (χ2n) is 9.40. The van der Waals surface area contributed by atoms with E-state index in [4.69, 9.17) is 0 Å². The first-order valence-electron chi connectivity index (χ1n) is 11.3. The second-order valence-corrected chi connectivity index (χ2v) is 9.40. The normalized spacial score (nSPS) is 21.4. The SMILES string of the molecule is Cc1cc(-c2cn(CCCN3C[C@@H]4C[C@]4(c4ccc(C(F)(F)F)cc4)C3)c(=O)[nH]c2=O)ccn1.Cl. The average Bonchev–Trinajstić information content (AvgIpc) is 3.36. The lowest BCUT2D eigenvalue weighted by Crippen LogP contribution is -2.32. The predicted octanol–water partition coefficient (Wildman–Crippen LogP) is 4.01. The molecule has 5 rings (SSSR count). The van der Waals surface area contributed by atoms with Crippen LogP contribution in [0.5, 0.6) is 0 Å². The Morgan fingerprint density at radius 2 is 1.89 bits per heavy atom. The Bertz CT molecular complexity index is 1340. The van der Waals surface area contributed by atoms with Gasteiger partial charge in [-0.2, -0.15) is 13.2 Å². The molecule has 1 aliphatic heterocycles. The first-order chi connectivity index (χ1) is 16.2. The van der Waals surface area contributed by atoms with Gasteiger partial charge in [-0.1, -0.05) is 12.1 Å². The van der Waals surface area contributed by atoms with E-state index in [0.717, 1.165) is 43.7 Å². The summed E-state index contributed by atoms with van der Waals surface area (Å²) in [6, 6.07) is 9.13. The van der Waals surface area contributed by atoms with E-state index in [2.05, 4.69) is 14.9 Å². The molecule has 0 spiro atoms. The van der Waals surface area contributed by atoms with Gasteiger partial charge in [-0.15, -0.1) is 12.4 Å². The molecule has 1 N–H and O–H groups in total. The van der Waals surface area contributed by atoms with E-state index in [1.54, 1.807) is 36.7 Å². The smallest absolute Gasteiger partial charge is 0.302 e. The largest absolute Gasteiger partial charge is 0.416 e. The van der Waals surface area contributed by atoms with E-state index in [9.17, 15) is 22.8 Å². The maximum atomic E-state index is 12.9. The molecule has 6 nitrogen and oxygen atoms in total. The molecule has 1 saturated heterocycles. The van der Waals surface area contributed by atoms with E-state index in [0.29, 0.717) is 23.6 Å². The number of hydrogen-bond donors (Lipinski definition) is 1. The van der Waals surface area contributed by atoms with Crippen molar-refractivity contribution in [1.82, 2.24) is 19.4 Å². The third-order valence-corrected chi connectivity index (χ3v) is 7.10. The molecule has 2 fully saturated rings. The van der Waals surface area contributed by atoms with Crippen LogP contribution in [0.2, 0.25) is 0 Å². The molecule has 1 aliphatic carbocycles. The van der Waals surface area contributed by atoms with Crippen LogP contribution in [0.15, 0.2) is 58.4 Å². The summed E-state index contributed by atoms with van der Waals surface area (Å²) in [6.07, 6.45) is 0.627. The number of aryl methyl sites for hydroxylation is 2. The first-order valence-corrected chi connectivity index (χ1v) is 11.3. The highest BCUT2D eigenvalue weighted by Gasteiger charge is 2.60. The van der Waals surface area contributed by atoms with Crippen LogP contribution >= 0.6 is 12.4 Å². The number of likely N-dealkylation sites (tertiary alicyclic amines) is 1. The Balaban J connectivity index is 0.00000289. The van der Waals surface area contributed by atoms with Crippen molar-refractivity contribution < 1.29 is 13.2 Å². The van der Waals surface area contributed by atoms with Crippen LogP contribution in [-0.2, 0) is 18.1 Å². The summed E-state index contributed by atoms with van der Waals surface area (Å²) in [5.41, 5.74) is 1.36. The van der Waals surface area contributed by atoms with Crippen molar-refractivity contribution >= 4 is 12.4 Å². The highest BCUT2D eigenvalue weighted by molar-refractivity contribution is 5.85. The molecule has 2 aliphatic rings. The van der Waals surface area contributed by atoms with Gasteiger partial charge in [0.1, 0.15) is 0 Å². The van der Waals surface area contributed by atoms with Gasteiger partial charge in [0, 0.05) is 43.1 Å². The average molecular weight is 507 g/mol. The maximum absolute atomic E-state index is 12.9. The third kappa shape index (κ3) is 4.92. The van der Waals surface area contributed by atoms with Gasteiger partial charge in [0.05, 0.1) is 11.1 Å². The Hall–Kier alpha value is -2.91. The molecule has 2 atom stereocenters. The topological polar surface area (TPSA) is 71.0 Å². The van der Waals surface area contributed by atoms with Crippen LogP contribution in [0.25, 0.3) is 11.1 Å². The number of aromatic nitrogens is 3. The molecule has 2 aromatic heterocycles. The lowest BCUT2D eigenvalue weighted by molar-refractivity contribution is -0.137. The minimum Gasteiger partial charge on any atom is -0.302 e. The number of halogens is 4. The number of aromatic amines is 1. The molecule has 0 amide bonds. The highest BCUT2D eigenvalue weighted by Crippen LogP contribution is 2.59.